The molecule has 1 atom stereocenters. The Kier molecular flexibility index (Phi) is 5.97. The van der Waals surface area contributed by atoms with E-state index in [9.17, 15) is 4.79 Å². The Bertz CT molecular complexity index is 655. The van der Waals surface area contributed by atoms with E-state index in [1.165, 1.54) is 28.7 Å². The van der Waals surface area contributed by atoms with E-state index < -0.39 is 0 Å². The fourth-order valence-corrected chi connectivity index (χ4v) is 3.89. The zero-order valence-corrected chi connectivity index (χ0v) is 15.0. The highest BCUT2D eigenvalue weighted by Crippen LogP contribution is 2.30. The first-order valence-electron chi connectivity index (χ1n) is 7.36. The van der Waals surface area contributed by atoms with Crippen LogP contribution in [0.4, 0.5) is 5.13 Å². The van der Waals surface area contributed by atoms with Crippen molar-refractivity contribution in [1.82, 2.24) is 10.2 Å². The summed E-state index contributed by atoms with van der Waals surface area (Å²) in [5.41, 5.74) is 3.11. The fraction of sp³-hybridized carbons (Fsp3) is 0.438. The molecular formula is C16H21N3OS2. The van der Waals surface area contributed by atoms with Gasteiger partial charge in [0.15, 0.2) is 10.1 Å². The molecule has 0 aliphatic rings. The smallest absolute Gasteiger partial charge is 0.206 e. The Morgan fingerprint density at radius 2 is 2.09 bits per heavy atom. The van der Waals surface area contributed by atoms with E-state index in [1.807, 2.05) is 39.0 Å². The zero-order valence-electron chi connectivity index (χ0n) is 13.3. The molecular weight excluding hydrogens is 314 g/mol. The molecule has 0 aliphatic carbocycles. The Morgan fingerprint density at radius 1 is 1.32 bits per heavy atom. The third kappa shape index (κ3) is 4.30. The SMILES string of the molecule is CCCNc1nnc(SC(C)C(=O)c2ccc(C)c(C)c2)s1. The number of nitrogens with zero attached hydrogens (tertiary/aromatic N) is 2. The van der Waals surface area contributed by atoms with Gasteiger partial charge in [0.2, 0.25) is 5.13 Å². The van der Waals surface area contributed by atoms with Crippen molar-refractivity contribution >= 4 is 34.0 Å². The van der Waals surface area contributed by atoms with Crippen molar-refractivity contribution in [1.29, 1.82) is 0 Å². The summed E-state index contributed by atoms with van der Waals surface area (Å²) >= 11 is 2.96. The van der Waals surface area contributed by atoms with Crippen LogP contribution in [-0.2, 0) is 0 Å². The van der Waals surface area contributed by atoms with Crippen molar-refractivity contribution in [3.63, 3.8) is 0 Å². The van der Waals surface area contributed by atoms with Crippen LogP contribution in [0, 0.1) is 13.8 Å². The van der Waals surface area contributed by atoms with Gasteiger partial charge in [-0.3, -0.25) is 4.79 Å². The third-order valence-corrected chi connectivity index (χ3v) is 5.44. The van der Waals surface area contributed by atoms with Crippen molar-refractivity contribution in [3.8, 4) is 0 Å². The summed E-state index contributed by atoms with van der Waals surface area (Å²) in [4.78, 5) is 12.5. The number of anilines is 1. The van der Waals surface area contributed by atoms with Gasteiger partial charge < -0.3 is 5.32 Å². The molecule has 4 nitrogen and oxygen atoms in total. The van der Waals surface area contributed by atoms with Crippen molar-refractivity contribution < 1.29 is 4.79 Å². The third-order valence-electron chi connectivity index (χ3n) is 3.37. The molecule has 2 rings (SSSR count). The molecule has 0 bridgehead atoms. The highest BCUT2D eigenvalue weighted by Gasteiger charge is 2.19. The summed E-state index contributed by atoms with van der Waals surface area (Å²) in [6.07, 6.45) is 1.05. The van der Waals surface area contributed by atoms with Gasteiger partial charge in [-0.25, -0.2) is 0 Å². The second kappa shape index (κ2) is 7.74. The topological polar surface area (TPSA) is 54.9 Å². The molecule has 2 aromatic rings. The maximum Gasteiger partial charge on any atom is 0.206 e. The van der Waals surface area contributed by atoms with Gasteiger partial charge in [0.25, 0.3) is 0 Å². The molecule has 0 spiro atoms. The normalized spacial score (nSPS) is 12.2. The highest BCUT2D eigenvalue weighted by molar-refractivity contribution is 8.02. The second-order valence-electron chi connectivity index (χ2n) is 5.22. The Morgan fingerprint density at radius 3 is 2.77 bits per heavy atom. The Balaban J connectivity index is 2.01. The fourth-order valence-electron chi connectivity index (χ4n) is 1.89. The molecule has 118 valence electrons. The van der Waals surface area contributed by atoms with Crippen LogP contribution < -0.4 is 5.32 Å². The lowest BCUT2D eigenvalue weighted by Crippen LogP contribution is -2.13. The van der Waals surface area contributed by atoms with Crippen molar-refractivity contribution in [2.75, 3.05) is 11.9 Å². The van der Waals surface area contributed by atoms with Crippen LogP contribution >= 0.6 is 23.1 Å². The average Bonchev–Trinajstić information content (AvgIpc) is 2.94. The summed E-state index contributed by atoms with van der Waals surface area (Å²) in [6.45, 7) is 8.99. The number of aryl methyl sites for hydroxylation is 2. The highest BCUT2D eigenvalue weighted by atomic mass is 32.2. The number of carbonyl (C=O) groups excluding carboxylic acids is 1. The lowest BCUT2D eigenvalue weighted by atomic mass is 10.0. The van der Waals surface area contributed by atoms with Gasteiger partial charge in [-0.2, -0.15) is 0 Å². The van der Waals surface area contributed by atoms with E-state index in [1.54, 1.807) is 0 Å². The number of rotatable bonds is 7. The van der Waals surface area contributed by atoms with Gasteiger partial charge in [0, 0.05) is 12.1 Å². The van der Waals surface area contributed by atoms with Crippen LogP contribution in [0.25, 0.3) is 0 Å². The lowest BCUT2D eigenvalue weighted by molar-refractivity contribution is 0.0994. The van der Waals surface area contributed by atoms with Gasteiger partial charge >= 0.3 is 0 Å². The molecule has 0 aliphatic heterocycles. The van der Waals surface area contributed by atoms with E-state index in [2.05, 4.69) is 22.4 Å². The molecule has 0 radical (unpaired) electrons. The van der Waals surface area contributed by atoms with Gasteiger partial charge in [-0.15, -0.1) is 10.2 Å². The van der Waals surface area contributed by atoms with Gasteiger partial charge in [0.05, 0.1) is 5.25 Å². The van der Waals surface area contributed by atoms with Crippen molar-refractivity contribution in [2.45, 2.75) is 43.7 Å². The number of aromatic nitrogens is 2. The first-order chi connectivity index (χ1) is 10.5. The largest absolute Gasteiger partial charge is 0.360 e. The molecule has 0 saturated carbocycles. The van der Waals surface area contributed by atoms with Gasteiger partial charge in [0.1, 0.15) is 0 Å². The van der Waals surface area contributed by atoms with Crippen molar-refractivity contribution in [3.05, 3.63) is 34.9 Å². The molecule has 0 fully saturated rings. The molecule has 1 unspecified atom stereocenters. The summed E-state index contributed by atoms with van der Waals surface area (Å²) in [7, 11) is 0. The quantitative estimate of drug-likeness (QED) is 0.602. The number of Topliss-reactive ketones (excluding diaryl/α,β-unsaturated/α-hetero) is 1. The first kappa shape index (κ1) is 17.0. The second-order valence-corrected chi connectivity index (χ2v) is 7.79. The standard InChI is InChI=1S/C16H21N3OS2/c1-5-8-17-15-18-19-16(22-15)21-12(4)14(20)13-7-6-10(2)11(3)9-13/h6-7,9,12H,5,8H2,1-4H3,(H,17,18). The van der Waals surface area contributed by atoms with Gasteiger partial charge in [-0.1, -0.05) is 42.2 Å². The predicted molar refractivity (Wildman–Crippen MR) is 94.3 cm³/mol. The zero-order chi connectivity index (χ0) is 16.1. The van der Waals surface area contributed by atoms with Crippen LogP contribution in [0.5, 0.6) is 0 Å². The first-order valence-corrected chi connectivity index (χ1v) is 9.06. The summed E-state index contributed by atoms with van der Waals surface area (Å²) in [5, 5.41) is 12.1. The van der Waals surface area contributed by atoms with Crippen LogP contribution in [0.1, 0.15) is 41.8 Å². The summed E-state index contributed by atoms with van der Waals surface area (Å²) in [6, 6.07) is 5.86. The Hall–Kier alpha value is -1.40. The number of benzene rings is 1. The van der Waals surface area contributed by atoms with E-state index in [0.717, 1.165) is 33.6 Å². The summed E-state index contributed by atoms with van der Waals surface area (Å²) in [5.74, 6) is 0.131. The minimum absolute atomic E-state index is 0.131. The minimum Gasteiger partial charge on any atom is -0.360 e. The molecule has 1 N–H and O–H groups in total. The number of ketones is 1. The van der Waals surface area contributed by atoms with Crippen LogP contribution in [-0.4, -0.2) is 27.8 Å². The average molecular weight is 335 g/mol. The minimum atomic E-state index is -0.172. The number of thioether (sulfide) groups is 1. The molecule has 22 heavy (non-hydrogen) atoms. The maximum atomic E-state index is 12.5. The molecule has 1 heterocycles. The van der Waals surface area contributed by atoms with Gasteiger partial charge in [-0.05, 0) is 44.4 Å². The molecule has 6 heteroatoms. The number of nitrogens with one attached hydrogen (secondary N) is 1. The van der Waals surface area contributed by atoms with E-state index in [-0.39, 0.29) is 11.0 Å². The number of hydrogen-bond donors (Lipinski definition) is 1. The summed E-state index contributed by atoms with van der Waals surface area (Å²) < 4.78 is 0.822. The van der Waals surface area contributed by atoms with E-state index >= 15 is 0 Å². The molecule has 1 aromatic heterocycles. The van der Waals surface area contributed by atoms with Crippen molar-refractivity contribution in [2.24, 2.45) is 0 Å². The van der Waals surface area contributed by atoms with Crippen LogP contribution in [0.2, 0.25) is 0 Å². The predicted octanol–water partition coefficient (Wildman–Crippen LogP) is 4.34. The van der Waals surface area contributed by atoms with Crippen LogP contribution in [0.3, 0.4) is 0 Å². The Labute approximate surface area is 139 Å². The maximum absolute atomic E-state index is 12.5. The number of carbonyl (C=O) groups is 1. The molecule has 0 saturated heterocycles. The van der Waals surface area contributed by atoms with Crippen LogP contribution in [0.15, 0.2) is 22.5 Å². The van der Waals surface area contributed by atoms with E-state index in [4.69, 9.17) is 0 Å². The van der Waals surface area contributed by atoms with E-state index in [0.29, 0.717) is 0 Å². The lowest BCUT2D eigenvalue weighted by Gasteiger charge is -2.09. The monoisotopic (exact) mass is 335 g/mol. The molecule has 0 amide bonds. The molecule has 1 aromatic carbocycles. The number of hydrogen-bond acceptors (Lipinski definition) is 6.